The Labute approximate surface area is 290 Å². The number of fused-ring (bicyclic) bond motifs is 1. The van der Waals surface area contributed by atoms with Crippen LogP contribution in [0.15, 0.2) is 71.8 Å². The second-order valence-corrected chi connectivity index (χ2v) is 14.4. The monoisotopic (exact) mass is 707 g/mol. The Morgan fingerprint density at radius 3 is 2.10 bits per heavy atom. The summed E-state index contributed by atoms with van der Waals surface area (Å²) < 4.78 is 50.0. The normalized spacial score (nSPS) is 12.8. The molecule has 0 radical (unpaired) electrons. The second-order valence-electron chi connectivity index (χ2n) is 12.5. The highest BCUT2D eigenvalue weighted by Gasteiger charge is 2.29. The smallest absolute Gasteiger partial charge is 0.408 e. The van der Waals surface area contributed by atoms with Crippen LogP contribution >= 0.6 is 0 Å². The number of esters is 2. The van der Waals surface area contributed by atoms with E-state index in [1.807, 2.05) is 6.92 Å². The molecular formula is C36H41N3O10S. The maximum atomic E-state index is 14.0. The topological polar surface area (TPSA) is 168 Å². The third-order valence-corrected chi connectivity index (χ3v) is 9.37. The number of nitrogens with zero attached hydrogens (tertiary/aromatic N) is 1. The average Bonchev–Trinajstić information content (AvgIpc) is 3.43. The number of alkyl carbamates (subject to hydrolysis) is 1. The van der Waals surface area contributed by atoms with Gasteiger partial charge in [-0.1, -0.05) is 29.8 Å². The number of aryl methyl sites for hydroxylation is 1. The summed E-state index contributed by atoms with van der Waals surface area (Å²) in [6, 6.07) is 14.0. The molecule has 4 aromatic rings. The molecule has 0 aliphatic carbocycles. The third-order valence-electron chi connectivity index (χ3n) is 7.68. The van der Waals surface area contributed by atoms with Gasteiger partial charge >= 0.3 is 18.0 Å². The van der Waals surface area contributed by atoms with E-state index in [1.54, 1.807) is 69.3 Å². The van der Waals surface area contributed by atoms with E-state index in [4.69, 9.17) is 18.9 Å². The summed E-state index contributed by atoms with van der Waals surface area (Å²) >= 11 is 0. The van der Waals surface area contributed by atoms with Gasteiger partial charge in [0.1, 0.15) is 17.4 Å². The predicted octanol–water partition coefficient (Wildman–Crippen LogP) is 4.82. The van der Waals surface area contributed by atoms with Crippen LogP contribution in [0.2, 0.25) is 0 Å². The molecule has 4 rings (SSSR count). The molecule has 0 spiro atoms. The molecule has 266 valence electrons. The first-order chi connectivity index (χ1) is 23.5. The van der Waals surface area contributed by atoms with Gasteiger partial charge in [-0.15, -0.1) is 0 Å². The highest BCUT2D eigenvalue weighted by Crippen LogP contribution is 2.37. The van der Waals surface area contributed by atoms with Crippen molar-refractivity contribution >= 4 is 44.9 Å². The number of benzene rings is 3. The maximum Gasteiger partial charge on any atom is 0.408 e. The minimum atomic E-state index is -4.11. The van der Waals surface area contributed by atoms with Crippen LogP contribution in [0, 0.1) is 6.92 Å². The van der Waals surface area contributed by atoms with Crippen LogP contribution in [0.1, 0.15) is 50.4 Å². The molecule has 0 saturated carbocycles. The quantitative estimate of drug-likeness (QED) is 0.163. The Morgan fingerprint density at radius 1 is 0.860 bits per heavy atom. The molecule has 0 saturated heterocycles. The van der Waals surface area contributed by atoms with Gasteiger partial charge in [0.25, 0.3) is 10.0 Å². The largest absolute Gasteiger partial charge is 0.496 e. The standard InChI is InChI=1S/C36H41N3O10S/c1-21-9-13-26(14-10-21)50(44,45)39-20-25(19-29(33(41)47-7)37-22(2)40)27-17-23(11-15-30(27)39)28-18-24(12-16-31(28)46-6)32(34(42)48-8)38-35(43)49-36(3,4)5/h9-18,20,29,32H,19H2,1-8H3,(H,37,40)(H,38,43)/t29-,32-/m1/s1. The van der Waals surface area contributed by atoms with Gasteiger partial charge in [0.15, 0.2) is 6.04 Å². The maximum absolute atomic E-state index is 14.0. The Balaban J connectivity index is 1.92. The fourth-order valence-corrected chi connectivity index (χ4v) is 6.76. The van der Waals surface area contributed by atoms with Crippen LogP contribution in [0.5, 0.6) is 5.75 Å². The number of nitrogens with one attached hydrogen (secondary N) is 2. The van der Waals surface area contributed by atoms with Crippen molar-refractivity contribution in [3.8, 4) is 16.9 Å². The zero-order valence-corrected chi connectivity index (χ0v) is 30.0. The summed E-state index contributed by atoms with van der Waals surface area (Å²) in [4.78, 5) is 50.3. The van der Waals surface area contributed by atoms with Gasteiger partial charge < -0.3 is 29.6 Å². The lowest BCUT2D eigenvalue weighted by atomic mass is 9.96. The van der Waals surface area contributed by atoms with Crippen molar-refractivity contribution in [3.05, 3.63) is 83.6 Å². The van der Waals surface area contributed by atoms with E-state index in [9.17, 15) is 27.6 Å². The Bertz CT molecular complexity index is 2030. The van der Waals surface area contributed by atoms with Crippen LogP contribution in [0.25, 0.3) is 22.0 Å². The Morgan fingerprint density at radius 2 is 1.52 bits per heavy atom. The molecule has 0 fully saturated rings. The van der Waals surface area contributed by atoms with Crippen LogP contribution in [-0.4, -0.2) is 69.3 Å². The van der Waals surface area contributed by atoms with E-state index in [1.165, 1.54) is 46.6 Å². The van der Waals surface area contributed by atoms with Gasteiger partial charge in [-0.2, -0.15) is 0 Å². The second kappa shape index (κ2) is 15.0. The number of hydrogen-bond acceptors (Lipinski definition) is 10. The average molecular weight is 708 g/mol. The van der Waals surface area contributed by atoms with Crippen molar-refractivity contribution in [2.75, 3.05) is 21.3 Å². The lowest BCUT2D eigenvalue weighted by molar-refractivity contribution is -0.145. The van der Waals surface area contributed by atoms with Crippen LogP contribution in [-0.2, 0) is 45.0 Å². The molecule has 3 aromatic carbocycles. The molecule has 13 nitrogen and oxygen atoms in total. The van der Waals surface area contributed by atoms with Crippen molar-refractivity contribution in [2.24, 2.45) is 0 Å². The molecular weight excluding hydrogens is 666 g/mol. The first-order valence-corrected chi connectivity index (χ1v) is 17.0. The predicted molar refractivity (Wildman–Crippen MR) is 185 cm³/mol. The van der Waals surface area contributed by atoms with E-state index in [0.29, 0.717) is 38.9 Å². The van der Waals surface area contributed by atoms with Gasteiger partial charge in [0.2, 0.25) is 5.91 Å². The van der Waals surface area contributed by atoms with Crippen molar-refractivity contribution < 1.29 is 46.5 Å². The molecule has 0 bridgehead atoms. The minimum Gasteiger partial charge on any atom is -0.496 e. The highest BCUT2D eigenvalue weighted by atomic mass is 32.2. The molecule has 14 heteroatoms. The molecule has 50 heavy (non-hydrogen) atoms. The fraction of sp³-hybridized carbons (Fsp3) is 0.333. The molecule has 0 aliphatic heterocycles. The Kier molecular flexibility index (Phi) is 11.3. The third kappa shape index (κ3) is 8.43. The van der Waals surface area contributed by atoms with Gasteiger partial charge in [-0.25, -0.2) is 26.8 Å². The van der Waals surface area contributed by atoms with Gasteiger partial charge in [-0.05, 0) is 80.8 Å². The van der Waals surface area contributed by atoms with Gasteiger partial charge in [0.05, 0.1) is 31.7 Å². The van der Waals surface area contributed by atoms with Gasteiger partial charge in [0, 0.05) is 30.5 Å². The van der Waals surface area contributed by atoms with Crippen LogP contribution in [0.4, 0.5) is 4.79 Å². The van der Waals surface area contributed by atoms with E-state index in [0.717, 1.165) is 9.54 Å². The number of amides is 2. The first kappa shape index (κ1) is 37.4. The molecule has 1 aromatic heterocycles. The Hall–Kier alpha value is -5.37. The molecule has 0 unspecified atom stereocenters. The first-order valence-electron chi connectivity index (χ1n) is 15.6. The summed E-state index contributed by atoms with van der Waals surface area (Å²) in [5, 5.41) is 5.60. The number of carbonyl (C=O) groups is 4. The molecule has 2 amide bonds. The number of hydrogen-bond donors (Lipinski definition) is 2. The van der Waals surface area contributed by atoms with E-state index in [-0.39, 0.29) is 11.3 Å². The van der Waals surface area contributed by atoms with E-state index < -0.39 is 51.6 Å². The molecule has 1 heterocycles. The molecule has 0 aliphatic rings. The van der Waals surface area contributed by atoms with Crippen molar-refractivity contribution in [3.63, 3.8) is 0 Å². The van der Waals surface area contributed by atoms with Crippen LogP contribution < -0.4 is 15.4 Å². The van der Waals surface area contributed by atoms with Gasteiger partial charge in [-0.3, -0.25) is 4.79 Å². The van der Waals surface area contributed by atoms with Crippen molar-refractivity contribution in [2.45, 2.75) is 63.6 Å². The zero-order valence-electron chi connectivity index (χ0n) is 29.2. The molecule has 2 atom stereocenters. The number of ether oxygens (including phenoxy) is 4. The SMILES string of the molecule is COC(=O)[C@@H](Cc1cn(S(=O)(=O)c2ccc(C)cc2)c2ccc(-c3cc([C@@H](NC(=O)OC(C)(C)C)C(=O)OC)ccc3OC)cc12)NC(C)=O. The summed E-state index contributed by atoms with van der Waals surface area (Å²) in [6.07, 6.45) is 0.503. The van der Waals surface area contributed by atoms with E-state index >= 15 is 0 Å². The summed E-state index contributed by atoms with van der Waals surface area (Å²) in [5.74, 6) is -1.51. The number of rotatable bonds is 11. The summed E-state index contributed by atoms with van der Waals surface area (Å²) in [7, 11) is -0.244. The molecule has 2 N–H and O–H groups in total. The number of methoxy groups -OCH3 is 3. The zero-order chi connectivity index (χ0) is 37.0. The van der Waals surface area contributed by atoms with Crippen LogP contribution in [0.3, 0.4) is 0 Å². The van der Waals surface area contributed by atoms with E-state index in [2.05, 4.69) is 10.6 Å². The van der Waals surface area contributed by atoms with Crippen molar-refractivity contribution in [1.29, 1.82) is 0 Å². The fourth-order valence-electron chi connectivity index (χ4n) is 5.37. The highest BCUT2D eigenvalue weighted by molar-refractivity contribution is 7.90. The summed E-state index contributed by atoms with van der Waals surface area (Å²) in [5.41, 5.74) is 2.21. The minimum absolute atomic E-state index is 0.0581. The summed E-state index contributed by atoms with van der Waals surface area (Å²) in [6.45, 7) is 8.19. The lowest BCUT2D eigenvalue weighted by Crippen LogP contribution is -2.41. The lowest BCUT2D eigenvalue weighted by Gasteiger charge is -2.23. The number of aromatic nitrogens is 1. The number of carbonyl (C=O) groups excluding carboxylic acids is 4. The van der Waals surface area contributed by atoms with Crippen molar-refractivity contribution in [1.82, 2.24) is 14.6 Å².